The lowest BCUT2D eigenvalue weighted by Crippen LogP contribution is -2.13. The van der Waals surface area contributed by atoms with Crippen LogP contribution >= 0.6 is 23.2 Å². The van der Waals surface area contributed by atoms with E-state index in [0.717, 1.165) is 5.56 Å². The maximum absolute atomic E-state index is 13.8. The highest BCUT2D eigenvalue weighted by atomic mass is 35.5. The van der Waals surface area contributed by atoms with E-state index in [9.17, 15) is 4.39 Å². The van der Waals surface area contributed by atoms with Crippen LogP contribution in [0.5, 0.6) is 0 Å². The third-order valence-electron chi connectivity index (χ3n) is 2.96. The zero-order valence-electron chi connectivity index (χ0n) is 11.8. The summed E-state index contributed by atoms with van der Waals surface area (Å²) in [5.74, 6) is -0.486. The molecule has 0 radical (unpaired) electrons. The molecule has 2 nitrogen and oxygen atoms in total. The van der Waals surface area contributed by atoms with Crippen molar-refractivity contribution >= 4 is 28.4 Å². The lowest BCUT2D eigenvalue weighted by atomic mass is 10.1. The molecule has 0 aromatic heterocycles. The molecule has 21 heavy (non-hydrogen) atoms. The fourth-order valence-corrected chi connectivity index (χ4v) is 2.51. The highest BCUT2D eigenvalue weighted by Gasteiger charge is 2.12. The van der Waals surface area contributed by atoms with Crippen molar-refractivity contribution in [3.8, 4) is 0 Å². The van der Waals surface area contributed by atoms with Crippen molar-refractivity contribution in [3.05, 3.63) is 70.0 Å². The van der Waals surface area contributed by atoms with E-state index in [1.54, 1.807) is 18.1 Å². The molecular formula is C16H15Cl2FN2. The van der Waals surface area contributed by atoms with Crippen LogP contribution in [0.15, 0.2) is 47.6 Å². The molecule has 0 saturated heterocycles. The molecular weight excluding hydrogens is 310 g/mol. The summed E-state index contributed by atoms with van der Waals surface area (Å²) in [7, 11) is 1.77. The standard InChI is InChI=1S/C16H15Cl2FN2/c1-11-6-8-12(9-7-11)10-21(2)20-16(18)15-13(17)4-3-5-14(15)19/h3-9H,10H2,1-2H3/b20-16+. The Balaban J connectivity index is 2.16. The quantitative estimate of drug-likeness (QED) is 0.581. The number of rotatable bonds is 4. The van der Waals surface area contributed by atoms with Crippen molar-refractivity contribution in [2.75, 3.05) is 7.05 Å². The van der Waals surface area contributed by atoms with Gasteiger partial charge in [0.15, 0.2) is 5.17 Å². The molecule has 0 spiro atoms. The second kappa shape index (κ2) is 6.92. The Kier molecular flexibility index (Phi) is 5.21. The van der Waals surface area contributed by atoms with Crippen molar-refractivity contribution in [3.63, 3.8) is 0 Å². The van der Waals surface area contributed by atoms with Crippen LogP contribution in [-0.2, 0) is 6.54 Å². The second-order valence-electron chi connectivity index (χ2n) is 4.79. The van der Waals surface area contributed by atoms with Crippen LogP contribution in [0, 0.1) is 12.7 Å². The van der Waals surface area contributed by atoms with Gasteiger partial charge in [-0.1, -0.05) is 59.1 Å². The van der Waals surface area contributed by atoms with E-state index in [0.29, 0.717) is 6.54 Å². The predicted octanol–water partition coefficient (Wildman–Crippen LogP) is 4.82. The lowest BCUT2D eigenvalue weighted by molar-refractivity contribution is 0.348. The number of nitrogens with zero attached hydrogens (tertiary/aromatic N) is 2. The normalized spacial score (nSPS) is 11.6. The first-order valence-electron chi connectivity index (χ1n) is 6.42. The average Bonchev–Trinajstić information content (AvgIpc) is 2.41. The highest BCUT2D eigenvalue weighted by molar-refractivity contribution is 6.70. The van der Waals surface area contributed by atoms with Crippen LogP contribution in [-0.4, -0.2) is 17.2 Å². The zero-order valence-corrected chi connectivity index (χ0v) is 13.3. The molecule has 2 rings (SSSR count). The first kappa shape index (κ1) is 15.8. The van der Waals surface area contributed by atoms with Crippen LogP contribution in [0.3, 0.4) is 0 Å². The summed E-state index contributed by atoms with van der Waals surface area (Å²) in [5.41, 5.74) is 2.41. The van der Waals surface area contributed by atoms with Crippen molar-refractivity contribution < 1.29 is 4.39 Å². The maximum atomic E-state index is 13.8. The minimum Gasteiger partial charge on any atom is -0.294 e. The van der Waals surface area contributed by atoms with E-state index in [4.69, 9.17) is 23.2 Å². The molecule has 5 heteroatoms. The monoisotopic (exact) mass is 324 g/mol. The predicted molar refractivity (Wildman–Crippen MR) is 86.4 cm³/mol. The largest absolute Gasteiger partial charge is 0.294 e. The van der Waals surface area contributed by atoms with Gasteiger partial charge in [-0.25, -0.2) is 4.39 Å². The molecule has 0 unspecified atom stereocenters. The molecule has 0 bridgehead atoms. The zero-order chi connectivity index (χ0) is 15.4. The van der Waals surface area contributed by atoms with Gasteiger partial charge in [-0.2, -0.15) is 5.10 Å². The minimum atomic E-state index is -0.486. The van der Waals surface area contributed by atoms with Gasteiger partial charge in [0.1, 0.15) is 5.82 Å². The number of halogens is 3. The summed E-state index contributed by atoms with van der Waals surface area (Å²) >= 11 is 12.0. The third-order valence-corrected chi connectivity index (χ3v) is 3.54. The molecule has 0 fully saturated rings. The molecule has 0 aliphatic heterocycles. The van der Waals surface area contributed by atoms with Crippen molar-refractivity contribution in [1.29, 1.82) is 0 Å². The Labute approximate surface area is 133 Å². The molecule has 110 valence electrons. The fraction of sp³-hybridized carbons (Fsp3) is 0.188. The van der Waals surface area contributed by atoms with Crippen LogP contribution < -0.4 is 0 Å². The number of hydrogen-bond acceptors (Lipinski definition) is 2. The summed E-state index contributed by atoms with van der Waals surface area (Å²) in [5, 5.41) is 6.10. The SMILES string of the molecule is Cc1ccc(CN(C)/N=C(/Cl)c2c(F)cccc2Cl)cc1. The van der Waals surface area contributed by atoms with Gasteiger partial charge in [-0.05, 0) is 24.6 Å². The van der Waals surface area contributed by atoms with Gasteiger partial charge in [0.05, 0.1) is 17.1 Å². The Morgan fingerprint density at radius 1 is 1.19 bits per heavy atom. The van der Waals surface area contributed by atoms with Crippen LogP contribution in [0.25, 0.3) is 0 Å². The Bertz CT molecular complexity index is 634. The average molecular weight is 325 g/mol. The summed E-state index contributed by atoms with van der Waals surface area (Å²) in [6.07, 6.45) is 0. The molecule has 2 aromatic carbocycles. The summed E-state index contributed by atoms with van der Waals surface area (Å²) in [6, 6.07) is 12.5. The molecule has 0 aliphatic carbocycles. The van der Waals surface area contributed by atoms with Gasteiger partial charge < -0.3 is 0 Å². The Hall–Kier alpha value is -1.58. The van der Waals surface area contributed by atoms with E-state index in [-0.39, 0.29) is 15.8 Å². The number of hydrazone groups is 1. The van der Waals surface area contributed by atoms with E-state index in [2.05, 4.69) is 5.10 Å². The van der Waals surface area contributed by atoms with Crippen molar-refractivity contribution in [2.45, 2.75) is 13.5 Å². The topological polar surface area (TPSA) is 15.6 Å². The van der Waals surface area contributed by atoms with Crippen molar-refractivity contribution in [1.82, 2.24) is 5.01 Å². The minimum absolute atomic E-state index is 0.0349. The van der Waals surface area contributed by atoms with Gasteiger partial charge in [0.2, 0.25) is 0 Å². The van der Waals surface area contributed by atoms with Gasteiger partial charge in [0, 0.05) is 7.05 Å². The van der Waals surface area contributed by atoms with Crippen LogP contribution in [0.4, 0.5) is 4.39 Å². The Morgan fingerprint density at radius 2 is 1.86 bits per heavy atom. The van der Waals surface area contributed by atoms with E-state index in [1.165, 1.54) is 17.7 Å². The molecule has 0 heterocycles. The molecule has 0 aliphatic rings. The summed E-state index contributed by atoms with van der Waals surface area (Å²) in [6.45, 7) is 2.60. The molecule has 0 amide bonds. The molecule has 0 atom stereocenters. The number of benzene rings is 2. The van der Waals surface area contributed by atoms with Crippen LogP contribution in [0.1, 0.15) is 16.7 Å². The van der Waals surface area contributed by atoms with E-state index >= 15 is 0 Å². The van der Waals surface area contributed by atoms with Crippen molar-refractivity contribution in [2.24, 2.45) is 5.10 Å². The highest BCUT2D eigenvalue weighted by Crippen LogP contribution is 2.22. The maximum Gasteiger partial charge on any atom is 0.160 e. The molecule has 2 aromatic rings. The molecule has 0 saturated carbocycles. The first-order chi connectivity index (χ1) is 9.97. The Morgan fingerprint density at radius 3 is 2.48 bits per heavy atom. The fourth-order valence-electron chi connectivity index (χ4n) is 1.89. The van der Waals surface area contributed by atoms with Gasteiger partial charge >= 0.3 is 0 Å². The second-order valence-corrected chi connectivity index (χ2v) is 5.55. The first-order valence-corrected chi connectivity index (χ1v) is 7.18. The van der Waals surface area contributed by atoms with Crippen LogP contribution in [0.2, 0.25) is 5.02 Å². The third kappa shape index (κ3) is 4.19. The van der Waals surface area contributed by atoms with Gasteiger partial charge in [0.25, 0.3) is 0 Å². The van der Waals surface area contributed by atoms with E-state index < -0.39 is 5.82 Å². The van der Waals surface area contributed by atoms with E-state index in [1.807, 2.05) is 31.2 Å². The number of aryl methyl sites for hydroxylation is 1. The smallest absolute Gasteiger partial charge is 0.160 e. The van der Waals surface area contributed by atoms with Gasteiger partial charge in [-0.15, -0.1) is 0 Å². The summed E-state index contributed by atoms with van der Waals surface area (Å²) in [4.78, 5) is 0. The molecule has 0 N–H and O–H groups in total. The van der Waals surface area contributed by atoms with Gasteiger partial charge in [-0.3, -0.25) is 5.01 Å². The number of hydrogen-bond donors (Lipinski definition) is 0. The lowest BCUT2D eigenvalue weighted by Gasteiger charge is -2.14. The summed E-state index contributed by atoms with van der Waals surface area (Å²) < 4.78 is 13.8.